The number of rotatable bonds is 3. The van der Waals surface area contributed by atoms with Gasteiger partial charge in [-0.05, 0) is 39.0 Å². The number of alkyl halides is 2. The third-order valence-corrected chi connectivity index (χ3v) is 4.30. The Morgan fingerprint density at radius 2 is 1.89 bits per heavy atom. The van der Waals surface area contributed by atoms with Crippen molar-refractivity contribution in [2.75, 3.05) is 0 Å². The van der Waals surface area contributed by atoms with Crippen LogP contribution in [0, 0.1) is 6.92 Å². The molecule has 0 aliphatic carbocycles. The minimum atomic E-state index is -4.57. The summed E-state index contributed by atoms with van der Waals surface area (Å²) in [6.45, 7) is 5.73. The molecule has 1 heterocycles. The zero-order valence-electron chi connectivity index (χ0n) is 10.8. The lowest BCUT2D eigenvalue weighted by atomic mass is 10.3. The van der Waals surface area contributed by atoms with Crippen LogP contribution >= 0.6 is 0 Å². The smallest absolute Gasteiger partial charge is 0.326 e. The molecule has 0 aliphatic rings. The lowest BCUT2D eigenvalue weighted by molar-refractivity contribution is 0.235. The molecule has 0 aliphatic heterocycles. The van der Waals surface area contributed by atoms with Crippen LogP contribution in [0.5, 0.6) is 0 Å². The zero-order chi connectivity index (χ0) is 14.4. The average molecular weight is 288 g/mol. The molecule has 0 spiro atoms. The summed E-state index contributed by atoms with van der Waals surface area (Å²) in [5.41, 5.74) is 1.15. The summed E-state index contributed by atoms with van der Waals surface area (Å²) in [6.07, 6.45) is 0. The van der Waals surface area contributed by atoms with Crippen molar-refractivity contribution in [2.45, 2.75) is 37.5 Å². The number of aromatic nitrogens is 2. The van der Waals surface area contributed by atoms with Crippen LogP contribution in [0.1, 0.15) is 25.7 Å². The van der Waals surface area contributed by atoms with Gasteiger partial charge in [0, 0.05) is 6.04 Å². The summed E-state index contributed by atoms with van der Waals surface area (Å²) in [4.78, 5) is 3.82. The van der Waals surface area contributed by atoms with E-state index in [1.165, 1.54) is 18.2 Å². The Hall–Kier alpha value is -1.50. The fraction of sp³-hybridized carbons (Fsp3) is 0.417. The van der Waals surface area contributed by atoms with Gasteiger partial charge in [0.15, 0.2) is 0 Å². The Bertz CT molecular complexity index is 721. The molecule has 19 heavy (non-hydrogen) atoms. The predicted octanol–water partition coefficient (Wildman–Crippen LogP) is 2.92. The monoisotopic (exact) mass is 288 g/mol. The molecule has 2 rings (SSSR count). The molecule has 4 nitrogen and oxygen atoms in total. The first-order chi connectivity index (χ1) is 8.75. The first-order valence-electron chi connectivity index (χ1n) is 5.75. The van der Waals surface area contributed by atoms with Crippen molar-refractivity contribution in [1.82, 2.24) is 9.55 Å². The van der Waals surface area contributed by atoms with Gasteiger partial charge in [0.05, 0.1) is 15.9 Å². The molecule has 0 fully saturated rings. The highest BCUT2D eigenvalue weighted by Crippen LogP contribution is 2.25. The number of sulfone groups is 1. The first kappa shape index (κ1) is 13.9. The van der Waals surface area contributed by atoms with Crippen molar-refractivity contribution in [2.24, 2.45) is 0 Å². The number of hydrogen-bond donors (Lipinski definition) is 0. The second kappa shape index (κ2) is 4.56. The van der Waals surface area contributed by atoms with E-state index in [-0.39, 0.29) is 6.04 Å². The summed E-state index contributed by atoms with van der Waals surface area (Å²) in [6, 6.07) is 4.07. The van der Waals surface area contributed by atoms with Crippen LogP contribution in [0.15, 0.2) is 23.1 Å². The van der Waals surface area contributed by atoms with Crippen molar-refractivity contribution in [1.29, 1.82) is 0 Å². The van der Waals surface area contributed by atoms with Crippen LogP contribution in [0.2, 0.25) is 0 Å². The normalized spacial score (nSPS) is 12.8. The number of nitrogens with zero attached hydrogens (tertiary/aromatic N) is 2. The lowest BCUT2D eigenvalue weighted by Gasteiger charge is -2.10. The van der Waals surface area contributed by atoms with Crippen molar-refractivity contribution in [3.8, 4) is 0 Å². The lowest BCUT2D eigenvalue weighted by Crippen LogP contribution is -2.11. The van der Waals surface area contributed by atoms with Crippen molar-refractivity contribution in [3.05, 3.63) is 24.0 Å². The minimum absolute atomic E-state index is 0.155. The molecule has 0 saturated carbocycles. The zero-order valence-corrected chi connectivity index (χ0v) is 11.6. The van der Waals surface area contributed by atoms with E-state index in [0.29, 0.717) is 5.52 Å². The second-order valence-corrected chi connectivity index (χ2v) is 6.50. The van der Waals surface area contributed by atoms with Gasteiger partial charge in [0.2, 0.25) is 9.84 Å². The van der Waals surface area contributed by atoms with Crippen LogP contribution in [0.4, 0.5) is 8.78 Å². The SMILES string of the molecule is Cc1nc2cc(S(=O)(=O)C(F)F)ccc2n1C(C)C. The summed E-state index contributed by atoms with van der Waals surface area (Å²) in [5.74, 6) is -2.70. The summed E-state index contributed by atoms with van der Waals surface area (Å²) in [7, 11) is -4.57. The fourth-order valence-electron chi connectivity index (χ4n) is 2.13. The Kier molecular flexibility index (Phi) is 3.34. The first-order valence-corrected chi connectivity index (χ1v) is 7.30. The number of halogens is 2. The molecule has 0 atom stereocenters. The van der Waals surface area contributed by atoms with Gasteiger partial charge in [-0.3, -0.25) is 0 Å². The van der Waals surface area contributed by atoms with Crippen LogP contribution in [-0.4, -0.2) is 23.7 Å². The maximum absolute atomic E-state index is 12.5. The van der Waals surface area contributed by atoms with Gasteiger partial charge in [0.25, 0.3) is 0 Å². The number of benzene rings is 1. The summed E-state index contributed by atoms with van der Waals surface area (Å²) < 4.78 is 49.8. The third-order valence-electron chi connectivity index (χ3n) is 2.92. The Labute approximate surface area is 110 Å². The third kappa shape index (κ3) is 2.22. The molecule has 104 valence electrons. The maximum atomic E-state index is 12.5. The van der Waals surface area contributed by atoms with E-state index in [0.717, 1.165) is 11.3 Å². The van der Waals surface area contributed by atoms with E-state index >= 15 is 0 Å². The molecule has 1 aromatic heterocycles. The van der Waals surface area contributed by atoms with E-state index < -0.39 is 20.5 Å². The van der Waals surface area contributed by atoms with E-state index in [1.54, 1.807) is 6.92 Å². The quantitative estimate of drug-likeness (QED) is 0.872. The Morgan fingerprint density at radius 3 is 2.42 bits per heavy atom. The molecule has 1 aromatic carbocycles. The molecular formula is C12H14F2N2O2S. The van der Waals surface area contributed by atoms with Gasteiger partial charge in [-0.1, -0.05) is 0 Å². The maximum Gasteiger partial charge on any atom is 0.341 e. The van der Waals surface area contributed by atoms with Gasteiger partial charge < -0.3 is 4.57 Å². The van der Waals surface area contributed by atoms with Crippen molar-refractivity contribution < 1.29 is 17.2 Å². The summed E-state index contributed by atoms with van der Waals surface area (Å²) in [5, 5.41) is 0. The standard InChI is InChI=1S/C12H14F2N2O2S/c1-7(2)16-8(3)15-10-6-9(4-5-11(10)16)19(17,18)12(13)14/h4-7,12H,1-3H3. The molecule has 2 aromatic rings. The number of fused-ring (bicyclic) bond motifs is 1. The van der Waals surface area contributed by atoms with Gasteiger partial charge in [-0.2, -0.15) is 8.78 Å². The van der Waals surface area contributed by atoms with Gasteiger partial charge in [-0.25, -0.2) is 13.4 Å². The van der Waals surface area contributed by atoms with Crippen molar-refractivity contribution in [3.63, 3.8) is 0 Å². The highest BCUT2D eigenvalue weighted by Gasteiger charge is 2.27. The van der Waals surface area contributed by atoms with E-state index in [9.17, 15) is 17.2 Å². The number of imidazole rings is 1. The summed E-state index contributed by atoms with van der Waals surface area (Å²) >= 11 is 0. The Balaban J connectivity index is 2.68. The van der Waals surface area contributed by atoms with E-state index in [4.69, 9.17) is 0 Å². The average Bonchev–Trinajstić information content (AvgIpc) is 2.63. The molecule has 7 heteroatoms. The van der Waals surface area contributed by atoms with Crippen molar-refractivity contribution >= 4 is 20.9 Å². The highest BCUT2D eigenvalue weighted by atomic mass is 32.2. The second-order valence-electron chi connectivity index (χ2n) is 4.58. The highest BCUT2D eigenvalue weighted by molar-refractivity contribution is 7.91. The molecule has 0 saturated heterocycles. The van der Waals surface area contributed by atoms with Crippen LogP contribution in [-0.2, 0) is 9.84 Å². The molecule has 0 N–H and O–H groups in total. The molecular weight excluding hydrogens is 274 g/mol. The molecule has 0 unspecified atom stereocenters. The van der Waals surface area contributed by atoms with Crippen LogP contribution in [0.25, 0.3) is 11.0 Å². The number of aryl methyl sites for hydroxylation is 1. The van der Waals surface area contributed by atoms with Crippen LogP contribution in [0.3, 0.4) is 0 Å². The van der Waals surface area contributed by atoms with E-state index in [2.05, 4.69) is 4.98 Å². The molecule has 0 radical (unpaired) electrons. The minimum Gasteiger partial charge on any atom is -0.326 e. The molecule has 0 bridgehead atoms. The topological polar surface area (TPSA) is 52.0 Å². The fourth-order valence-corrected chi connectivity index (χ4v) is 2.87. The van der Waals surface area contributed by atoms with Gasteiger partial charge in [0.1, 0.15) is 5.82 Å². The Morgan fingerprint density at radius 1 is 1.26 bits per heavy atom. The van der Waals surface area contributed by atoms with Gasteiger partial charge in [-0.15, -0.1) is 0 Å². The van der Waals surface area contributed by atoms with E-state index in [1.807, 2.05) is 18.4 Å². The largest absolute Gasteiger partial charge is 0.341 e. The molecule has 0 amide bonds. The van der Waals surface area contributed by atoms with Crippen LogP contribution < -0.4 is 0 Å². The van der Waals surface area contributed by atoms with Gasteiger partial charge >= 0.3 is 5.76 Å². The predicted molar refractivity (Wildman–Crippen MR) is 68.0 cm³/mol. The number of hydrogen-bond acceptors (Lipinski definition) is 3.